The molecule has 1 heterocycles. The first-order chi connectivity index (χ1) is 9.29. The fourth-order valence-corrected chi connectivity index (χ4v) is 2.46. The van der Waals surface area contributed by atoms with Crippen molar-refractivity contribution >= 4 is 5.69 Å². The molecule has 0 aromatic heterocycles. The molecule has 1 aromatic rings. The number of rotatable bonds is 6. The highest BCUT2D eigenvalue weighted by molar-refractivity contribution is 5.51. The van der Waals surface area contributed by atoms with Crippen LogP contribution in [0.2, 0.25) is 0 Å². The van der Waals surface area contributed by atoms with Crippen molar-refractivity contribution in [2.24, 2.45) is 0 Å². The Balaban J connectivity index is 1.74. The van der Waals surface area contributed by atoms with E-state index in [-0.39, 0.29) is 0 Å². The van der Waals surface area contributed by atoms with E-state index in [0.717, 1.165) is 24.5 Å². The second-order valence-electron chi connectivity index (χ2n) is 5.01. The molecule has 4 nitrogen and oxygen atoms in total. The van der Waals surface area contributed by atoms with Crippen LogP contribution in [0.25, 0.3) is 0 Å². The van der Waals surface area contributed by atoms with Gasteiger partial charge < -0.3 is 20.1 Å². The normalized spacial score (nSPS) is 16.3. The first-order valence-corrected chi connectivity index (χ1v) is 7.08. The van der Waals surface area contributed by atoms with E-state index in [0.29, 0.717) is 12.3 Å². The Bertz CT molecular complexity index is 390. The molecular formula is C15H24N2O2. The van der Waals surface area contributed by atoms with Crippen molar-refractivity contribution in [2.45, 2.75) is 25.7 Å². The van der Waals surface area contributed by atoms with Gasteiger partial charge in [0.25, 0.3) is 0 Å². The average molecular weight is 264 g/mol. The third-order valence-electron chi connectivity index (χ3n) is 3.51. The fourth-order valence-electron chi connectivity index (χ4n) is 2.46. The molecule has 2 N–H and O–H groups in total. The third-order valence-corrected chi connectivity index (χ3v) is 3.51. The molecule has 0 radical (unpaired) electrons. The van der Waals surface area contributed by atoms with Crippen LogP contribution >= 0.6 is 0 Å². The Morgan fingerprint density at radius 1 is 1.16 bits per heavy atom. The summed E-state index contributed by atoms with van der Waals surface area (Å²) in [5.74, 6) is 1.48. The van der Waals surface area contributed by atoms with E-state index < -0.39 is 0 Å². The lowest BCUT2D eigenvalue weighted by molar-refractivity contribution is 0.203. The number of piperidine rings is 1. The van der Waals surface area contributed by atoms with Gasteiger partial charge >= 0.3 is 0 Å². The van der Waals surface area contributed by atoms with Crippen molar-refractivity contribution in [2.75, 3.05) is 39.1 Å². The van der Waals surface area contributed by atoms with Gasteiger partial charge in [-0.25, -0.2) is 0 Å². The maximum absolute atomic E-state index is 5.77. The number of hydrogen-bond acceptors (Lipinski definition) is 4. The molecule has 106 valence electrons. The quantitative estimate of drug-likeness (QED) is 0.633. The van der Waals surface area contributed by atoms with E-state index in [1.165, 1.54) is 32.4 Å². The van der Waals surface area contributed by atoms with E-state index in [9.17, 15) is 0 Å². The maximum Gasteiger partial charge on any atom is 0.163 e. The van der Waals surface area contributed by atoms with Gasteiger partial charge in [-0.2, -0.15) is 0 Å². The highest BCUT2D eigenvalue weighted by Gasteiger charge is 2.09. The fraction of sp³-hybridized carbons (Fsp3) is 0.600. The molecule has 0 saturated carbocycles. The number of benzene rings is 1. The van der Waals surface area contributed by atoms with Crippen LogP contribution < -0.4 is 15.2 Å². The number of methoxy groups -OCH3 is 1. The van der Waals surface area contributed by atoms with Crippen molar-refractivity contribution in [1.82, 2.24) is 4.90 Å². The molecule has 1 aliphatic rings. The molecule has 0 bridgehead atoms. The van der Waals surface area contributed by atoms with E-state index in [1.54, 1.807) is 7.11 Å². The second-order valence-corrected chi connectivity index (χ2v) is 5.01. The molecule has 1 saturated heterocycles. The van der Waals surface area contributed by atoms with Crippen LogP contribution in [-0.2, 0) is 0 Å². The zero-order valence-electron chi connectivity index (χ0n) is 11.7. The van der Waals surface area contributed by atoms with Crippen LogP contribution in [0.15, 0.2) is 18.2 Å². The Kier molecular flexibility index (Phi) is 5.33. The van der Waals surface area contributed by atoms with Crippen LogP contribution in [-0.4, -0.2) is 38.3 Å². The zero-order chi connectivity index (χ0) is 13.5. The predicted molar refractivity (Wildman–Crippen MR) is 77.8 cm³/mol. The van der Waals surface area contributed by atoms with Gasteiger partial charge in [0.2, 0.25) is 0 Å². The molecule has 19 heavy (non-hydrogen) atoms. The van der Waals surface area contributed by atoms with Crippen molar-refractivity contribution in [1.29, 1.82) is 0 Å². The molecule has 1 fully saturated rings. The molecule has 4 heteroatoms. The van der Waals surface area contributed by atoms with Crippen molar-refractivity contribution in [3.8, 4) is 11.5 Å². The molecule has 1 aromatic carbocycles. The molecule has 2 rings (SSSR count). The Morgan fingerprint density at radius 3 is 2.68 bits per heavy atom. The minimum Gasteiger partial charge on any atom is -0.493 e. The van der Waals surface area contributed by atoms with Crippen molar-refractivity contribution in [3.63, 3.8) is 0 Å². The van der Waals surface area contributed by atoms with Gasteiger partial charge in [0.15, 0.2) is 11.5 Å². The standard InChI is InChI=1S/C15H24N2O2/c1-18-14-7-6-13(16)12-15(14)19-11-5-10-17-8-3-2-4-9-17/h6-7,12H,2-5,8-11,16H2,1H3. The van der Waals surface area contributed by atoms with E-state index >= 15 is 0 Å². The molecule has 0 atom stereocenters. The second kappa shape index (κ2) is 7.24. The number of anilines is 1. The largest absolute Gasteiger partial charge is 0.493 e. The van der Waals surface area contributed by atoms with Crippen molar-refractivity contribution < 1.29 is 9.47 Å². The summed E-state index contributed by atoms with van der Waals surface area (Å²) in [6, 6.07) is 5.48. The number of nitrogen functional groups attached to an aromatic ring is 1. The molecule has 1 aliphatic heterocycles. The first-order valence-electron chi connectivity index (χ1n) is 7.08. The Morgan fingerprint density at radius 2 is 1.95 bits per heavy atom. The highest BCUT2D eigenvalue weighted by Crippen LogP contribution is 2.29. The van der Waals surface area contributed by atoms with Crippen LogP contribution in [0.5, 0.6) is 11.5 Å². The zero-order valence-corrected chi connectivity index (χ0v) is 11.7. The number of likely N-dealkylation sites (tertiary alicyclic amines) is 1. The minimum absolute atomic E-state index is 0.701. The van der Waals surface area contributed by atoms with Gasteiger partial charge in [0.05, 0.1) is 13.7 Å². The summed E-state index contributed by atoms with van der Waals surface area (Å²) in [5, 5.41) is 0. The molecular weight excluding hydrogens is 240 g/mol. The monoisotopic (exact) mass is 264 g/mol. The smallest absolute Gasteiger partial charge is 0.163 e. The molecule has 0 aliphatic carbocycles. The topological polar surface area (TPSA) is 47.7 Å². The molecule has 0 unspecified atom stereocenters. The van der Waals surface area contributed by atoms with Gasteiger partial charge in [0, 0.05) is 18.3 Å². The lowest BCUT2D eigenvalue weighted by Gasteiger charge is -2.26. The van der Waals surface area contributed by atoms with E-state index in [1.807, 2.05) is 18.2 Å². The first kappa shape index (κ1) is 14.0. The van der Waals surface area contributed by atoms with Gasteiger partial charge in [-0.15, -0.1) is 0 Å². The van der Waals surface area contributed by atoms with E-state index in [2.05, 4.69) is 4.90 Å². The van der Waals surface area contributed by atoms with Crippen LogP contribution in [0.4, 0.5) is 5.69 Å². The van der Waals surface area contributed by atoms with E-state index in [4.69, 9.17) is 15.2 Å². The van der Waals surface area contributed by atoms with Crippen LogP contribution in [0, 0.1) is 0 Å². The summed E-state index contributed by atoms with van der Waals surface area (Å²) in [4.78, 5) is 2.52. The van der Waals surface area contributed by atoms with Gasteiger partial charge in [-0.05, 0) is 44.5 Å². The minimum atomic E-state index is 0.701. The van der Waals surface area contributed by atoms with Gasteiger partial charge in [-0.1, -0.05) is 6.42 Å². The summed E-state index contributed by atoms with van der Waals surface area (Å²) in [6.45, 7) is 4.30. The number of nitrogens with zero attached hydrogens (tertiary/aromatic N) is 1. The number of hydrogen-bond donors (Lipinski definition) is 1. The number of nitrogens with two attached hydrogens (primary N) is 1. The van der Waals surface area contributed by atoms with Gasteiger partial charge in [0.1, 0.15) is 0 Å². The average Bonchev–Trinajstić information content (AvgIpc) is 2.45. The predicted octanol–water partition coefficient (Wildman–Crippen LogP) is 2.53. The Hall–Kier alpha value is -1.42. The summed E-state index contributed by atoms with van der Waals surface area (Å²) < 4.78 is 11.0. The summed E-state index contributed by atoms with van der Waals surface area (Å²) in [5.41, 5.74) is 6.46. The summed E-state index contributed by atoms with van der Waals surface area (Å²) in [7, 11) is 1.64. The molecule has 0 amide bonds. The maximum atomic E-state index is 5.77. The summed E-state index contributed by atoms with van der Waals surface area (Å²) >= 11 is 0. The van der Waals surface area contributed by atoms with Crippen LogP contribution in [0.3, 0.4) is 0 Å². The molecule has 0 spiro atoms. The lowest BCUT2D eigenvalue weighted by atomic mass is 10.1. The van der Waals surface area contributed by atoms with Crippen LogP contribution in [0.1, 0.15) is 25.7 Å². The lowest BCUT2D eigenvalue weighted by Crippen LogP contribution is -2.31. The SMILES string of the molecule is COc1ccc(N)cc1OCCCN1CCCCC1. The Labute approximate surface area is 115 Å². The van der Waals surface area contributed by atoms with Gasteiger partial charge in [-0.3, -0.25) is 0 Å². The highest BCUT2D eigenvalue weighted by atomic mass is 16.5. The van der Waals surface area contributed by atoms with Crippen molar-refractivity contribution in [3.05, 3.63) is 18.2 Å². The summed E-state index contributed by atoms with van der Waals surface area (Å²) in [6.07, 6.45) is 5.10. The number of ether oxygens (including phenoxy) is 2. The third kappa shape index (κ3) is 4.31.